The third-order valence-electron chi connectivity index (χ3n) is 3.76. The highest BCUT2D eigenvalue weighted by atomic mass is 15.2. The summed E-state index contributed by atoms with van der Waals surface area (Å²) in [5.74, 6) is 0. The Morgan fingerprint density at radius 2 is 1.85 bits per heavy atom. The molecule has 0 aromatic heterocycles. The van der Waals surface area contributed by atoms with Gasteiger partial charge in [0.15, 0.2) is 0 Å². The van der Waals surface area contributed by atoms with Crippen molar-refractivity contribution < 1.29 is 0 Å². The van der Waals surface area contributed by atoms with Crippen LogP contribution in [0.5, 0.6) is 0 Å². The molecule has 13 heavy (non-hydrogen) atoms. The number of hydrogen-bond donors (Lipinski definition) is 0. The van der Waals surface area contributed by atoms with Crippen LogP contribution in [-0.2, 0) is 0 Å². The van der Waals surface area contributed by atoms with Gasteiger partial charge >= 0.3 is 0 Å². The van der Waals surface area contributed by atoms with Gasteiger partial charge in [0, 0.05) is 17.3 Å². The summed E-state index contributed by atoms with van der Waals surface area (Å²) in [6.45, 7) is 8.82. The first-order valence-corrected chi connectivity index (χ1v) is 5.63. The first-order chi connectivity index (χ1) is 6.16. The van der Waals surface area contributed by atoms with E-state index < -0.39 is 0 Å². The van der Waals surface area contributed by atoms with Gasteiger partial charge in [-0.05, 0) is 52.4 Å². The first kappa shape index (κ1) is 9.11. The molecule has 2 aliphatic rings. The second-order valence-electron chi connectivity index (χ2n) is 4.96. The molecule has 1 aliphatic heterocycles. The van der Waals surface area contributed by atoms with Crippen molar-refractivity contribution in [2.75, 3.05) is 0 Å². The van der Waals surface area contributed by atoms with Crippen LogP contribution in [0, 0.1) is 0 Å². The molecule has 74 valence electrons. The van der Waals surface area contributed by atoms with Crippen LogP contribution >= 0.6 is 0 Å². The van der Waals surface area contributed by atoms with E-state index in [4.69, 9.17) is 0 Å². The molecule has 0 aromatic carbocycles. The predicted molar refractivity (Wildman–Crippen MR) is 56.5 cm³/mol. The summed E-state index contributed by atoms with van der Waals surface area (Å²) in [5.41, 5.74) is 1.93. The van der Waals surface area contributed by atoms with Crippen molar-refractivity contribution in [3.05, 3.63) is 12.3 Å². The van der Waals surface area contributed by atoms with Crippen LogP contribution in [0.1, 0.15) is 52.4 Å². The predicted octanol–water partition coefficient (Wildman–Crippen LogP) is 3.32. The Morgan fingerprint density at radius 1 is 1.23 bits per heavy atom. The zero-order valence-corrected chi connectivity index (χ0v) is 8.97. The van der Waals surface area contributed by atoms with Gasteiger partial charge in [-0.25, -0.2) is 0 Å². The van der Waals surface area contributed by atoms with Crippen molar-refractivity contribution in [3.8, 4) is 0 Å². The normalized spacial score (nSPS) is 26.7. The minimum Gasteiger partial charge on any atom is -0.367 e. The molecule has 0 radical (unpaired) electrons. The van der Waals surface area contributed by atoms with E-state index in [9.17, 15) is 0 Å². The number of rotatable bonds is 1. The highest BCUT2D eigenvalue weighted by Crippen LogP contribution is 2.48. The lowest BCUT2D eigenvalue weighted by molar-refractivity contribution is -0.00676. The number of piperidine rings is 1. The molecule has 0 bridgehead atoms. The van der Waals surface area contributed by atoms with E-state index in [0.717, 1.165) is 0 Å². The van der Waals surface area contributed by atoms with E-state index in [2.05, 4.69) is 25.3 Å². The van der Waals surface area contributed by atoms with Crippen molar-refractivity contribution in [1.82, 2.24) is 4.90 Å². The Bertz CT molecular complexity index is 213. The Hall–Kier alpha value is -0.460. The fraction of sp³-hybridized carbons (Fsp3) is 0.833. The summed E-state index contributed by atoms with van der Waals surface area (Å²) < 4.78 is 0. The maximum Gasteiger partial charge on any atom is 0.0402 e. The second kappa shape index (κ2) is 3.04. The van der Waals surface area contributed by atoms with Crippen LogP contribution in [0.2, 0.25) is 0 Å². The second-order valence-corrected chi connectivity index (χ2v) is 4.96. The molecule has 2 fully saturated rings. The average molecular weight is 179 g/mol. The smallest absolute Gasteiger partial charge is 0.0402 e. The summed E-state index contributed by atoms with van der Waals surface area (Å²) in [4.78, 5) is 2.61. The van der Waals surface area contributed by atoms with E-state index in [1.165, 1.54) is 44.2 Å². The zero-order chi connectivity index (χ0) is 9.47. The fourth-order valence-electron chi connectivity index (χ4n) is 3.19. The molecule has 1 heteroatoms. The molecular weight excluding hydrogens is 158 g/mol. The fourth-order valence-corrected chi connectivity index (χ4v) is 3.19. The lowest BCUT2D eigenvalue weighted by atomic mass is 9.69. The minimum atomic E-state index is 0.545. The number of likely N-dealkylation sites (tertiary alicyclic amines) is 1. The molecule has 0 amide bonds. The van der Waals surface area contributed by atoms with E-state index in [-0.39, 0.29) is 0 Å². The Kier molecular flexibility index (Phi) is 2.13. The van der Waals surface area contributed by atoms with Gasteiger partial charge in [0.25, 0.3) is 0 Å². The van der Waals surface area contributed by atoms with Crippen molar-refractivity contribution in [1.29, 1.82) is 0 Å². The summed E-state index contributed by atoms with van der Waals surface area (Å²) in [6, 6.07) is 0.646. The van der Waals surface area contributed by atoms with Crippen molar-refractivity contribution >= 4 is 0 Å². The van der Waals surface area contributed by atoms with E-state index in [1.807, 2.05) is 0 Å². The molecule has 1 heterocycles. The zero-order valence-electron chi connectivity index (χ0n) is 8.97. The molecule has 0 aromatic rings. The quantitative estimate of drug-likeness (QED) is 0.597. The van der Waals surface area contributed by atoms with Crippen molar-refractivity contribution in [2.45, 2.75) is 64.0 Å². The third-order valence-corrected chi connectivity index (χ3v) is 3.76. The summed E-state index contributed by atoms with van der Waals surface area (Å²) in [5, 5.41) is 0. The van der Waals surface area contributed by atoms with Gasteiger partial charge in [0.1, 0.15) is 0 Å². The monoisotopic (exact) mass is 179 g/mol. The van der Waals surface area contributed by atoms with Gasteiger partial charge < -0.3 is 4.90 Å². The Balaban J connectivity index is 2.19. The van der Waals surface area contributed by atoms with Gasteiger partial charge in [0.2, 0.25) is 0 Å². The minimum absolute atomic E-state index is 0.545. The van der Waals surface area contributed by atoms with Gasteiger partial charge in [0.05, 0.1) is 0 Å². The lowest BCUT2D eigenvalue weighted by Crippen LogP contribution is -2.57. The topological polar surface area (TPSA) is 3.24 Å². The first-order valence-electron chi connectivity index (χ1n) is 5.63. The molecular formula is C12H21N. The maximum atomic E-state index is 4.22. The average Bonchev–Trinajstić information content (AvgIpc) is 2.00. The third kappa shape index (κ3) is 1.29. The molecule has 1 aliphatic carbocycles. The SMILES string of the molecule is C=C1CCCC2(CCC2)N1C(C)C. The van der Waals surface area contributed by atoms with Crippen LogP contribution in [0.25, 0.3) is 0 Å². The van der Waals surface area contributed by atoms with Gasteiger partial charge in [-0.15, -0.1) is 0 Å². The van der Waals surface area contributed by atoms with Gasteiger partial charge in [-0.2, -0.15) is 0 Å². The maximum absolute atomic E-state index is 4.22. The van der Waals surface area contributed by atoms with Gasteiger partial charge in [-0.1, -0.05) is 6.58 Å². The Morgan fingerprint density at radius 3 is 2.23 bits per heavy atom. The molecule has 0 unspecified atom stereocenters. The van der Waals surface area contributed by atoms with Crippen LogP contribution in [0.3, 0.4) is 0 Å². The highest BCUT2D eigenvalue weighted by Gasteiger charge is 2.45. The van der Waals surface area contributed by atoms with Crippen LogP contribution in [-0.4, -0.2) is 16.5 Å². The number of nitrogens with zero attached hydrogens (tertiary/aromatic N) is 1. The van der Waals surface area contributed by atoms with Gasteiger partial charge in [-0.3, -0.25) is 0 Å². The molecule has 1 spiro atoms. The molecule has 0 atom stereocenters. The largest absolute Gasteiger partial charge is 0.367 e. The van der Waals surface area contributed by atoms with Crippen molar-refractivity contribution in [2.24, 2.45) is 0 Å². The van der Waals surface area contributed by atoms with Crippen LogP contribution in [0.15, 0.2) is 12.3 Å². The van der Waals surface area contributed by atoms with E-state index in [0.29, 0.717) is 11.6 Å². The lowest BCUT2D eigenvalue weighted by Gasteiger charge is -2.57. The Labute approximate surface area is 81.8 Å². The van der Waals surface area contributed by atoms with E-state index in [1.54, 1.807) is 0 Å². The summed E-state index contributed by atoms with van der Waals surface area (Å²) in [6.07, 6.45) is 8.23. The van der Waals surface area contributed by atoms with Crippen LogP contribution < -0.4 is 0 Å². The molecule has 1 nitrogen and oxygen atoms in total. The van der Waals surface area contributed by atoms with Crippen LogP contribution in [0.4, 0.5) is 0 Å². The summed E-state index contributed by atoms with van der Waals surface area (Å²) >= 11 is 0. The van der Waals surface area contributed by atoms with E-state index >= 15 is 0 Å². The molecule has 2 rings (SSSR count). The number of allylic oxidation sites excluding steroid dienone is 1. The molecule has 0 N–H and O–H groups in total. The summed E-state index contributed by atoms with van der Waals surface area (Å²) in [7, 11) is 0. The standard InChI is InChI=1S/C12H21N/c1-10(2)13-11(3)6-4-7-12(13)8-5-9-12/h10H,3-9H2,1-2H3. The number of hydrogen-bond acceptors (Lipinski definition) is 1. The molecule has 1 saturated carbocycles. The molecule has 1 saturated heterocycles. The highest BCUT2D eigenvalue weighted by molar-refractivity contribution is 5.12. The van der Waals surface area contributed by atoms with Crippen molar-refractivity contribution in [3.63, 3.8) is 0 Å².